The van der Waals surface area contributed by atoms with E-state index < -0.39 is 6.10 Å². The standard InChI is InChI=1S/C11H17ClN2O2/c1-16-6-5-14-10(9(12)7-13-14)11(15)8-3-2-4-8/h7-8,11,15H,2-6H2,1H3. The van der Waals surface area contributed by atoms with Crippen LogP contribution in [0.3, 0.4) is 0 Å². The largest absolute Gasteiger partial charge is 0.386 e. The quantitative estimate of drug-likeness (QED) is 0.862. The maximum Gasteiger partial charge on any atom is 0.0999 e. The first kappa shape index (κ1) is 11.9. The van der Waals surface area contributed by atoms with Crippen LogP contribution in [-0.4, -0.2) is 28.6 Å². The number of aliphatic hydroxyl groups excluding tert-OH is 1. The molecule has 16 heavy (non-hydrogen) atoms. The Balaban J connectivity index is 2.13. The summed E-state index contributed by atoms with van der Waals surface area (Å²) in [7, 11) is 1.65. The summed E-state index contributed by atoms with van der Waals surface area (Å²) in [6, 6.07) is 0. The molecule has 0 aliphatic heterocycles. The molecular weight excluding hydrogens is 228 g/mol. The van der Waals surface area contributed by atoms with Crippen molar-refractivity contribution in [1.29, 1.82) is 0 Å². The molecule has 1 heterocycles. The maximum atomic E-state index is 10.2. The van der Waals surface area contributed by atoms with Gasteiger partial charge in [-0.3, -0.25) is 4.68 Å². The average molecular weight is 245 g/mol. The lowest BCUT2D eigenvalue weighted by molar-refractivity contribution is 0.0533. The van der Waals surface area contributed by atoms with E-state index >= 15 is 0 Å². The highest BCUT2D eigenvalue weighted by Gasteiger charge is 2.30. The number of rotatable bonds is 5. The van der Waals surface area contributed by atoms with Crippen molar-refractivity contribution in [2.75, 3.05) is 13.7 Å². The summed E-state index contributed by atoms with van der Waals surface area (Å²) >= 11 is 6.06. The van der Waals surface area contributed by atoms with Crippen molar-refractivity contribution in [2.45, 2.75) is 31.9 Å². The molecule has 2 rings (SSSR count). The molecule has 1 atom stereocenters. The minimum Gasteiger partial charge on any atom is -0.386 e. The zero-order valence-electron chi connectivity index (χ0n) is 9.40. The number of aliphatic hydroxyl groups is 1. The normalized spacial score (nSPS) is 18.4. The van der Waals surface area contributed by atoms with Crippen molar-refractivity contribution in [1.82, 2.24) is 9.78 Å². The zero-order valence-corrected chi connectivity index (χ0v) is 10.2. The molecule has 1 aliphatic carbocycles. The maximum absolute atomic E-state index is 10.2. The Bertz CT molecular complexity index is 350. The van der Waals surface area contributed by atoms with Gasteiger partial charge in [0.25, 0.3) is 0 Å². The molecule has 0 saturated heterocycles. The molecule has 1 N–H and O–H groups in total. The number of hydrogen-bond acceptors (Lipinski definition) is 3. The van der Waals surface area contributed by atoms with Gasteiger partial charge < -0.3 is 9.84 Å². The van der Waals surface area contributed by atoms with Crippen LogP contribution in [0.1, 0.15) is 31.1 Å². The van der Waals surface area contributed by atoms with E-state index in [1.165, 1.54) is 6.42 Å². The first-order valence-corrected chi connectivity index (χ1v) is 6.00. The van der Waals surface area contributed by atoms with Crippen LogP contribution in [0.4, 0.5) is 0 Å². The fraction of sp³-hybridized carbons (Fsp3) is 0.727. The van der Waals surface area contributed by atoms with E-state index in [2.05, 4.69) is 5.10 Å². The molecule has 90 valence electrons. The zero-order chi connectivity index (χ0) is 11.5. The van der Waals surface area contributed by atoms with Gasteiger partial charge in [-0.15, -0.1) is 0 Å². The van der Waals surface area contributed by atoms with Gasteiger partial charge in [-0.2, -0.15) is 5.10 Å². The van der Waals surface area contributed by atoms with Gasteiger partial charge in [-0.05, 0) is 18.8 Å². The summed E-state index contributed by atoms with van der Waals surface area (Å²) < 4.78 is 6.75. The molecule has 0 radical (unpaired) electrons. The highest BCUT2D eigenvalue weighted by atomic mass is 35.5. The van der Waals surface area contributed by atoms with Gasteiger partial charge >= 0.3 is 0 Å². The van der Waals surface area contributed by atoms with Crippen molar-refractivity contribution in [3.63, 3.8) is 0 Å². The Morgan fingerprint density at radius 3 is 3.00 bits per heavy atom. The summed E-state index contributed by atoms with van der Waals surface area (Å²) in [6.45, 7) is 1.20. The molecule has 0 bridgehead atoms. The van der Waals surface area contributed by atoms with Crippen molar-refractivity contribution in [3.8, 4) is 0 Å². The van der Waals surface area contributed by atoms with E-state index in [-0.39, 0.29) is 0 Å². The van der Waals surface area contributed by atoms with Gasteiger partial charge in [0.05, 0.1) is 36.2 Å². The molecule has 1 fully saturated rings. The van der Waals surface area contributed by atoms with Gasteiger partial charge in [0.2, 0.25) is 0 Å². The van der Waals surface area contributed by atoms with Crippen LogP contribution in [0.2, 0.25) is 5.02 Å². The summed E-state index contributed by atoms with van der Waals surface area (Å²) in [5.41, 5.74) is 0.739. The number of hydrogen-bond donors (Lipinski definition) is 1. The van der Waals surface area contributed by atoms with Crippen LogP contribution in [0, 0.1) is 5.92 Å². The third kappa shape index (κ3) is 2.24. The minimum absolute atomic E-state index is 0.343. The number of aromatic nitrogens is 2. The smallest absolute Gasteiger partial charge is 0.0999 e. The second kappa shape index (κ2) is 5.17. The van der Waals surface area contributed by atoms with E-state index in [0.717, 1.165) is 18.5 Å². The Morgan fingerprint density at radius 2 is 2.44 bits per heavy atom. The van der Waals surface area contributed by atoms with Crippen LogP contribution in [0.15, 0.2) is 6.20 Å². The van der Waals surface area contributed by atoms with Gasteiger partial charge in [-0.1, -0.05) is 18.0 Å². The number of ether oxygens (including phenoxy) is 1. The van der Waals surface area contributed by atoms with Crippen LogP contribution in [-0.2, 0) is 11.3 Å². The topological polar surface area (TPSA) is 47.3 Å². The molecule has 5 heteroatoms. The van der Waals surface area contributed by atoms with Gasteiger partial charge in [0.1, 0.15) is 0 Å². The second-order valence-electron chi connectivity index (χ2n) is 4.23. The van der Waals surface area contributed by atoms with Crippen molar-refractivity contribution < 1.29 is 9.84 Å². The minimum atomic E-state index is -0.486. The van der Waals surface area contributed by atoms with Crippen molar-refractivity contribution >= 4 is 11.6 Å². The average Bonchev–Trinajstić information content (AvgIpc) is 2.54. The molecule has 0 aromatic carbocycles. The Morgan fingerprint density at radius 1 is 1.69 bits per heavy atom. The van der Waals surface area contributed by atoms with Crippen LogP contribution < -0.4 is 0 Å². The Hall–Kier alpha value is -0.580. The highest BCUT2D eigenvalue weighted by Crippen LogP contribution is 2.39. The van der Waals surface area contributed by atoms with Crippen LogP contribution >= 0.6 is 11.6 Å². The van der Waals surface area contributed by atoms with Crippen LogP contribution in [0.25, 0.3) is 0 Å². The summed E-state index contributed by atoms with van der Waals surface area (Å²) in [4.78, 5) is 0. The molecule has 1 aromatic heterocycles. The molecule has 1 unspecified atom stereocenters. The lowest BCUT2D eigenvalue weighted by atomic mass is 9.80. The Labute approximate surface area is 100 Å². The molecule has 0 spiro atoms. The number of methoxy groups -OCH3 is 1. The summed E-state index contributed by atoms with van der Waals surface area (Å²) in [6.07, 6.45) is 4.46. The van der Waals surface area contributed by atoms with E-state index in [1.807, 2.05) is 0 Å². The van der Waals surface area contributed by atoms with E-state index in [0.29, 0.717) is 24.1 Å². The van der Waals surface area contributed by atoms with Gasteiger partial charge in [0, 0.05) is 7.11 Å². The first-order valence-electron chi connectivity index (χ1n) is 5.62. The lowest BCUT2D eigenvalue weighted by Crippen LogP contribution is -2.23. The van der Waals surface area contributed by atoms with Gasteiger partial charge in [0.15, 0.2) is 0 Å². The first-order chi connectivity index (χ1) is 7.74. The van der Waals surface area contributed by atoms with E-state index in [9.17, 15) is 5.11 Å². The summed E-state index contributed by atoms with van der Waals surface area (Å²) in [5, 5.41) is 14.9. The second-order valence-corrected chi connectivity index (χ2v) is 4.64. The van der Waals surface area contributed by atoms with E-state index in [1.54, 1.807) is 18.0 Å². The van der Waals surface area contributed by atoms with Crippen molar-refractivity contribution in [2.24, 2.45) is 5.92 Å². The lowest BCUT2D eigenvalue weighted by Gasteiger charge is -2.30. The third-order valence-corrected chi connectivity index (χ3v) is 3.51. The van der Waals surface area contributed by atoms with E-state index in [4.69, 9.17) is 16.3 Å². The Kier molecular flexibility index (Phi) is 3.84. The predicted molar refractivity (Wildman–Crippen MR) is 61.4 cm³/mol. The fourth-order valence-electron chi connectivity index (χ4n) is 2.00. The third-order valence-electron chi connectivity index (χ3n) is 3.22. The molecular formula is C11H17ClN2O2. The van der Waals surface area contributed by atoms with Gasteiger partial charge in [-0.25, -0.2) is 0 Å². The molecule has 1 aliphatic rings. The number of nitrogens with zero attached hydrogens (tertiary/aromatic N) is 2. The predicted octanol–water partition coefficient (Wildman–Crippen LogP) is 2.02. The highest BCUT2D eigenvalue weighted by molar-refractivity contribution is 6.31. The fourth-order valence-corrected chi connectivity index (χ4v) is 2.25. The molecule has 4 nitrogen and oxygen atoms in total. The van der Waals surface area contributed by atoms with Crippen LogP contribution in [0.5, 0.6) is 0 Å². The molecule has 0 amide bonds. The summed E-state index contributed by atoms with van der Waals surface area (Å²) in [5.74, 6) is 0.343. The molecule has 1 saturated carbocycles. The number of halogens is 1. The SMILES string of the molecule is COCCn1ncc(Cl)c1C(O)C1CCC1. The monoisotopic (exact) mass is 244 g/mol. The molecule has 1 aromatic rings. The van der Waals surface area contributed by atoms with Crippen molar-refractivity contribution in [3.05, 3.63) is 16.9 Å².